The number of nitrogens with one attached hydrogen (secondary N) is 3. The highest BCUT2D eigenvalue weighted by Gasteiger charge is 1.99. The molecule has 0 aliphatic rings. The smallest absolute Gasteiger partial charge is 0.329 e. The molecule has 0 radical (unpaired) electrons. The summed E-state index contributed by atoms with van der Waals surface area (Å²) in [6.45, 7) is 2.04. The van der Waals surface area contributed by atoms with Crippen LogP contribution in [0, 0.1) is 0 Å². The molecule has 0 saturated heterocycles. The second-order valence-electron chi connectivity index (χ2n) is 3.11. The number of carbonyl (C=O) groups is 3. The van der Waals surface area contributed by atoms with Crippen molar-refractivity contribution in [3.8, 4) is 0 Å². The van der Waals surface area contributed by atoms with Crippen LogP contribution in [0.2, 0.25) is 0 Å². The number of hydrogen-bond donors (Lipinski definition) is 4. The van der Waals surface area contributed by atoms with Gasteiger partial charge in [-0.25, -0.2) is 9.59 Å². The summed E-state index contributed by atoms with van der Waals surface area (Å²) < 4.78 is 4.70. The Balaban J connectivity index is 3.29. The van der Waals surface area contributed by atoms with Gasteiger partial charge in [-0.05, 0) is 0 Å². The predicted molar refractivity (Wildman–Crippen MR) is 58.5 cm³/mol. The molecule has 0 spiro atoms. The molecule has 0 heterocycles. The van der Waals surface area contributed by atoms with Crippen molar-refractivity contribution < 1.29 is 24.2 Å². The van der Waals surface area contributed by atoms with Crippen LogP contribution in [0.1, 0.15) is 6.92 Å². The average Bonchev–Trinajstić information content (AvgIpc) is 2.23. The molecule has 3 amide bonds. The third-order valence-electron chi connectivity index (χ3n) is 1.54. The van der Waals surface area contributed by atoms with Crippen LogP contribution in [0.3, 0.4) is 0 Å². The summed E-state index contributed by atoms with van der Waals surface area (Å²) in [4.78, 5) is 31.6. The number of urea groups is 1. The van der Waals surface area contributed by atoms with Gasteiger partial charge in [-0.1, -0.05) is 0 Å². The standard InChI is InChI=1S/C9H17N3O5/c1-7(13)10-2-3-11-9(16)12-4-5-17-6-8(14)15/h2-6H2,1H3,(H,10,13)(H,14,15)(H2,11,12,16). The van der Waals surface area contributed by atoms with Crippen molar-refractivity contribution >= 4 is 17.9 Å². The summed E-state index contributed by atoms with van der Waals surface area (Å²) in [5.74, 6) is -1.21. The average molecular weight is 247 g/mol. The number of ether oxygens (including phenoxy) is 1. The molecule has 0 rings (SSSR count). The van der Waals surface area contributed by atoms with Gasteiger partial charge in [-0.2, -0.15) is 0 Å². The highest BCUT2D eigenvalue weighted by molar-refractivity contribution is 5.74. The summed E-state index contributed by atoms with van der Waals surface area (Å²) >= 11 is 0. The highest BCUT2D eigenvalue weighted by atomic mass is 16.5. The fourth-order valence-electron chi connectivity index (χ4n) is 0.873. The van der Waals surface area contributed by atoms with Crippen LogP contribution in [-0.4, -0.2) is 55.9 Å². The number of hydrogen-bond acceptors (Lipinski definition) is 4. The first kappa shape index (κ1) is 15.2. The molecule has 0 fully saturated rings. The zero-order valence-electron chi connectivity index (χ0n) is 9.62. The van der Waals surface area contributed by atoms with Gasteiger partial charge in [0.25, 0.3) is 0 Å². The van der Waals surface area contributed by atoms with Crippen molar-refractivity contribution in [1.82, 2.24) is 16.0 Å². The van der Waals surface area contributed by atoms with Crippen molar-refractivity contribution in [3.63, 3.8) is 0 Å². The maximum absolute atomic E-state index is 11.1. The van der Waals surface area contributed by atoms with Gasteiger partial charge < -0.3 is 25.8 Å². The zero-order chi connectivity index (χ0) is 13.1. The molecule has 0 bridgehead atoms. The molecule has 0 atom stereocenters. The molecular formula is C9H17N3O5. The van der Waals surface area contributed by atoms with E-state index < -0.39 is 12.0 Å². The molecule has 0 saturated carbocycles. The first-order valence-electron chi connectivity index (χ1n) is 5.08. The Hall–Kier alpha value is -1.83. The number of amides is 3. The molecule has 17 heavy (non-hydrogen) atoms. The minimum absolute atomic E-state index is 0.130. The Morgan fingerprint density at radius 1 is 1.06 bits per heavy atom. The van der Waals surface area contributed by atoms with Crippen LogP contribution in [0.4, 0.5) is 4.79 Å². The Morgan fingerprint density at radius 2 is 1.65 bits per heavy atom. The van der Waals surface area contributed by atoms with E-state index in [4.69, 9.17) is 9.84 Å². The molecule has 0 aliphatic carbocycles. The third-order valence-corrected chi connectivity index (χ3v) is 1.54. The van der Waals surface area contributed by atoms with E-state index >= 15 is 0 Å². The quantitative estimate of drug-likeness (QED) is 0.390. The Labute approximate surface area is 98.7 Å². The van der Waals surface area contributed by atoms with Crippen molar-refractivity contribution in [2.24, 2.45) is 0 Å². The van der Waals surface area contributed by atoms with E-state index in [0.717, 1.165) is 0 Å². The van der Waals surface area contributed by atoms with Crippen molar-refractivity contribution in [1.29, 1.82) is 0 Å². The van der Waals surface area contributed by atoms with E-state index in [1.165, 1.54) is 6.92 Å². The molecule has 0 aromatic carbocycles. The topological polar surface area (TPSA) is 117 Å². The zero-order valence-corrected chi connectivity index (χ0v) is 9.62. The van der Waals surface area contributed by atoms with Crippen LogP contribution in [0.15, 0.2) is 0 Å². The van der Waals surface area contributed by atoms with Crippen molar-refractivity contribution in [2.75, 3.05) is 32.8 Å². The fourth-order valence-corrected chi connectivity index (χ4v) is 0.873. The number of carboxylic acid groups (broad SMARTS) is 1. The predicted octanol–water partition coefficient (Wildman–Crippen LogP) is -1.48. The van der Waals surface area contributed by atoms with Crippen LogP contribution in [0.5, 0.6) is 0 Å². The van der Waals surface area contributed by atoms with E-state index in [9.17, 15) is 14.4 Å². The Morgan fingerprint density at radius 3 is 2.24 bits per heavy atom. The van der Waals surface area contributed by atoms with E-state index in [-0.39, 0.29) is 25.7 Å². The second-order valence-corrected chi connectivity index (χ2v) is 3.11. The van der Waals surface area contributed by atoms with Gasteiger partial charge in [0.2, 0.25) is 5.91 Å². The monoisotopic (exact) mass is 247 g/mol. The molecule has 0 aliphatic heterocycles. The largest absolute Gasteiger partial charge is 0.480 e. The Bertz CT molecular complexity index is 269. The highest BCUT2D eigenvalue weighted by Crippen LogP contribution is 1.74. The van der Waals surface area contributed by atoms with Gasteiger partial charge in [0.1, 0.15) is 6.61 Å². The summed E-state index contributed by atoms with van der Waals surface area (Å²) in [5.41, 5.74) is 0. The van der Waals surface area contributed by atoms with Crippen molar-refractivity contribution in [3.05, 3.63) is 0 Å². The minimum Gasteiger partial charge on any atom is -0.480 e. The maximum Gasteiger partial charge on any atom is 0.329 e. The van der Waals surface area contributed by atoms with E-state index in [0.29, 0.717) is 13.1 Å². The van der Waals surface area contributed by atoms with Crippen LogP contribution < -0.4 is 16.0 Å². The number of rotatable bonds is 8. The summed E-state index contributed by atoms with van der Waals surface area (Å²) in [5, 5.41) is 15.7. The lowest BCUT2D eigenvalue weighted by molar-refractivity contribution is -0.142. The number of aliphatic carboxylic acids is 1. The van der Waals surface area contributed by atoms with Crippen LogP contribution in [-0.2, 0) is 14.3 Å². The molecule has 8 heteroatoms. The molecule has 98 valence electrons. The minimum atomic E-state index is -1.05. The summed E-state index contributed by atoms with van der Waals surface area (Å²) in [6.07, 6.45) is 0. The summed E-state index contributed by atoms with van der Waals surface area (Å²) in [6, 6.07) is -0.394. The number of carboxylic acids is 1. The first-order chi connectivity index (χ1) is 8.02. The van der Waals surface area contributed by atoms with Gasteiger partial charge in [-0.3, -0.25) is 4.79 Å². The van der Waals surface area contributed by atoms with Crippen molar-refractivity contribution in [2.45, 2.75) is 6.92 Å². The fraction of sp³-hybridized carbons (Fsp3) is 0.667. The lowest BCUT2D eigenvalue weighted by Gasteiger charge is -2.07. The third kappa shape index (κ3) is 12.1. The molecule has 0 unspecified atom stereocenters. The lowest BCUT2D eigenvalue weighted by atomic mass is 10.5. The Kier molecular flexibility index (Phi) is 8.39. The number of carbonyl (C=O) groups excluding carboxylic acids is 2. The van der Waals surface area contributed by atoms with Gasteiger partial charge in [0.05, 0.1) is 6.61 Å². The van der Waals surface area contributed by atoms with Gasteiger partial charge >= 0.3 is 12.0 Å². The van der Waals surface area contributed by atoms with Crippen LogP contribution in [0.25, 0.3) is 0 Å². The van der Waals surface area contributed by atoms with E-state index in [1.54, 1.807) is 0 Å². The normalized spacial score (nSPS) is 9.47. The van der Waals surface area contributed by atoms with Crippen LogP contribution >= 0.6 is 0 Å². The second kappa shape index (κ2) is 9.40. The molecule has 0 aromatic rings. The van der Waals surface area contributed by atoms with Gasteiger partial charge in [0, 0.05) is 26.6 Å². The lowest BCUT2D eigenvalue weighted by Crippen LogP contribution is -2.41. The summed E-state index contributed by atoms with van der Waals surface area (Å²) in [7, 11) is 0. The SMILES string of the molecule is CC(=O)NCCNC(=O)NCCOCC(=O)O. The van der Waals surface area contributed by atoms with Gasteiger partial charge in [0.15, 0.2) is 0 Å². The molecule has 0 aromatic heterocycles. The van der Waals surface area contributed by atoms with Gasteiger partial charge in [-0.15, -0.1) is 0 Å². The van der Waals surface area contributed by atoms with E-state index in [1.807, 2.05) is 0 Å². The molecule has 4 N–H and O–H groups in total. The molecule has 8 nitrogen and oxygen atoms in total. The maximum atomic E-state index is 11.1. The van der Waals surface area contributed by atoms with E-state index in [2.05, 4.69) is 16.0 Å². The first-order valence-corrected chi connectivity index (χ1v) is 5.08. The molecular weight excluding hydrogens is 230 g/mol.